The molecule has 0 bridgehead atoms. The zero-order valence-electron chi connectivity index (χ0n) is 8.58. The van der Waals surface area contributed by atoms with Crippen LogP contribution in [0.3, 0.4) is 0 Å². The van der Waals surface area contributed by atoms with Crippen LogP contribution in [-0.4, -0.2) is 12.9 Å². The molecule has 0 unspecified atom stereocenters. The highest BCUT2D eigenvalue weighted by Gasteiger charge is 1.99. The van der Waals surface area contributed by atoms with Gasteiger partial charge in [0.1, 0.15) is 5.75 Å². The quantitative estimate of drug-likeness (QED) is 0.855. The second kappa shape index (κ2) is 5.56. The second-order valence-electron chi connectivity index (χ2n) is 2.93. The van der Waals surface area contributed by atoms with Crippen molar-refractivity contribution in [3.8, 4) is 5.75 Å². The van der Waals surface area contributed by atoms with Crippen molar-refractivity contribution in [1.82, 2.24) is 0 Å². The Kier molecular flexibility index (Phi) is 4.37. The fraction of sp³-hybridized carbons (Fsp3) is 0.182. The van der Waals surface area contributed by atoms with Crippen LogP contribution in [0, 0.1) is 0 Å². The number of nitrogens with one attached hydrogen (secondary N) is 1. The van der Waals surface area contributed by atoms with Crippen molar-refractivity contribution < 1.29 is 9.53 Å². The van der Waals surface area contributed by atoms with Crippen LogP contribution in [-0.2, 0) is 4.79 Å². The minimum absolute atomic E-state index is 0.00141. The zero-order valence-corrected chi connectivity index (χ0v) is 10.2. The van der Waals surface area contributed by atoms with Gasteiger partial charge in [0, 0.05) is 16.7 Å². The number of benzene rings is 1. The molecule has 0 heterocycles. The van der Waals surface area contributed by atoms with E-state index < -0.39 is 0 Å². The zero-order chi connectivity index (χ0) is 11.3. The predicted octanol–water partition coefficient (Wildman–Crippen LogP) is 2.97. The number of anilines is 1. The lowest BCUT2D eigenvalue weighted by molar-refractivity contribution is -0.112. The average Bonchev–Trinajstić information content (AvgIpc) is 2.20. The molecular weight excluding hydrogens is 258 g/mol. The molecule has 1 aromatic rings. The highest BCUT2D eigenvalue weighted by molar-refractivity contribution is 9.10. The van der Waals surface area contributed by atoms with Crippen molar-refractivity contribution in [3.05, 3.63) is 34.9 Å². The SMILES string of the molecule is COc1ccc(Br)c(N/C=C/C(C)=O)c1. The number of rotatable bonds is 4. The standard InChI is InChI=1S/C11H12BrNO2/c1-8(14)5-6-13-11-7-9(15-2)3-4-10(11)12/h3-7,13H,1-2H3/b6-5+. The third-order valence-corrected chi connectivity index (χ3v) is 2.42. The van der Waals surface area contributed by atoms with Gasteiger partial charge in [-0.05, 0) is 41.1 Å². The molecule has 0 spiro atoms. The van der Waals surface area contributed by atoms with Crippen LogP contribution in [0.1, 0.15) is 6.92 Å². The summed E-state index contributed by atoms with van der Waals surface area (Å²) in [6.07, 6.45) is 3.06. The number of carbonyl (C=O) groups excluding carboxylic acids is 1. The monoisotopic (exact) mass is 269 g/mol. The molecule has 0 saturated carbocycles. The molecule has 0 atom stereocenters. The maximum atomic E-state index is 10.7. The first-order valence-corrected chi connectivity index (χ1v) is 5.20. The van der Waals surface area contributed by atoms with E-state index in [1.165, 1.54) is 13.0 Å². The van der Waals surface area contributed by atoms with Crippen LogP contribution in [0.2, 0.25) is 0 Å². The summed E-state index contributed by atoms with van der Waals surface area (Å²) in [7, 11) is 1.61. The van der Waals surface area contributed by atoms with Crippen LogP contribution in [0.4, 0.5) is 5.69 Å². The van der Waals surface area contributed by atoms with E-state index in [0.29, 0.717) is 0 Å². The van der Waals surface area contributed by atoms with Crippen molar-refractivity contribution in [2.45, 2.75) is 6.92 Å². The van der Waals surface area contributed by atoms with E-state index in [4.69, 9.17) is 4.74 Å². The third kappa shape index (κ3) is 3.75. The van der Waals surface area contributed by atoms with Crippen molar-refractivity contribution in [2.24, 2.45) is 0 Å². The maximum absolute atomic E-state index is 10.7. The van der Waals surface area contributed by atoms with Gasteiger partial charge in [0.25, 0.3) is 0 Å². The van der Waals surface area contributed by atoms with Gasteiger partial charge in [-0.2, -0.15) is 0 Å². The Hall–Kier alpha value is -1.29. The largest absolute Gasteiger partial charge is 0.497 e. The fourth-order valence-electron chi connectivity index (χ4n) is 0.991. The summed E-state index contributed by atoms with van der Waals surface area (Å²) in [4.78, 5) is 10.7. The predicted molar refractivity (Wildman–Crippen MR) is 64.1 cm³/mol. The molecule has 0 fully saturated rings. The minimum atomic E-state index is 0.00141. The van der Waals surface area contributed by atoms with Gasteiger partial charge in [-0.25, -0.2) is 0 Å². The maximum Gasteiger partial charge on any atom is 0.154 e. The number of carbonyl (C=O) groups is 1. The summed E-state index contributed by atoms with van der Waals surface area (Å²) < 4.78 is 6.00. The summed E-state index contributed by atoms with van der Waals surface area (Å²) in [5, 5.41) is 2.99. The Bertz CT molecular complexity index is 388. The Balaban J connectivity index is 2.79. The van der Waals surface area contributed by atoms with Gasteiger partial charge in [-0.15, -0.1) is 0 Å². The smallest absolute Gasteiger partial charge is 0.154 e. The summed E-state index contributed by atoms with van der Waals surface area (Å²) in [5.74, 6) is 0.762. The fourth-order valence-corrected chi connectivity index (χ4v) is 1.35. The van der Waals surface area contributed by atoms with Crippen LogP contribution >= 0.6 is 15.9 Å². The lowest BCUT2D eigenvalue weighted by atomic mass is 10.3. The number of ether oxygens (including phenoxy) is 1. The average molecular weight is 270 g/mol. The molecule has 1 N–H and O–H groups in total. The van der Waals surface area contributed by atoms with Crippen molar-refractivity contribution in [2.75, 3.05) is 12.4 Å². The molecule has 4 heteroatoms. The molecule has 1 aromatic carbocycles. The number of hydrogen-bond donors (Lipinski definition) is 1. The Morgan fingerprint density at radius 3 is 2.87 bits per heavy atom. The number of ketones is 1. The van der Waals surface area contributed by atoms with Gasteiger partial charge in [-0.3, -0.25) is 4.79 Å². The second-order valence-corrected chi connectivity index (χ2v) is 3.79. The first-order chi connectivity index (χ1) is 7.13. The minimum Gasteiger partial charge on any atom is -0.497 e. The van der Waals surface area contributed by atoms with E-state index in [0.717, 1.165) is 15.9 Å². The number of halogens is 1. The van der Waals surface area contributed by atoms with E-state index in [1.54, 1.807) is 13.3 Å². The van der Waals surface area contributed by atoms with Crippen LogP contribution in [0.5, 0.6) is 5.75 Å². The highest BCUT2D eigenvalue weighted by atomic mass is 79.9. The normalized spacial score (nSPS) is 10.3. The number of allylic oxidation sites excluding steroid dienone is 1. The molecule has 0 aliphatic carbocycles. The molecule has 0 aromatic heterocycles. The molecule has 0 aliphatic rings. The van der Waals surface area contributed by atoms with Gasteiger partial charge in [0.15, 0.2) is 5.78 Å². The van der Waals surface area contributed by atoms with Gasteiger partial charge in [0.2, 0.25) is 0 Å². The van der Waals surface area contributed by atoms with Crippen LogP contribution in [0.15, 0.2) is 34.9 Å². The number of hydrogen-bond acceptors (Lipinski definition) is 3. The summed E-state index contributed by atoms with van der Waals surface area (Å²) in [5.41, 5.74) is 0.854. The molecular formula is C11H12BrNO2. The lowest BCUT2D eigenvalue weighted by Gasteiger charge is -2.06. The van der Waals surface area contributed by atoms with E-state index >= 15 is 0 Å². The van der Waals surface area contributed by atoms with Gasteiger partial charge >= 0.3 is 0 Å². The molecule has 3 nitrogen and oxygen atoms in total. The third-order valence-electron chi connectivity index (χ3n) is 1.73. The van der Waals surface area contributed by atoms with Crippen molar-refractivity contribution >= 4 is 27.4 Å². The van der Waals surface area contributed by atoms with E-state index in [-0.39, 0.29) is 5.78 Å². The topological polar surface area (TPSA) is 38.3 Å². The first-order valence-electron chi connectivity index (χ1n) is 4.40. The van der Waals surface area contributed by atoms with Gasteiger partial charge < -0.3 is 10.1 Å². The van der Waals surface area contributed by atoms with Crippen molar-refractivity contribution in [3.63, 3.8) is 0 Å². The summed E-state index contributed by atoms with van der Waals surface area (Å²) in [6, 6.07) is 5.57. The van der Waals surface area contributed by atoms with Gasteiger partial charge in [0.05, 0.1) is 12.8 Å². The molecule has 1 rings (SSSR count). The Morgan fingerprint density at radius 1 is 1.53 bits per heavy atom. The molecule has 0 saturated heterocycles. The van der Waals surface area contributed by atoms with Gasteiger partial charge in [-0.1, -0.05) is 0 Å². The number of methoxy groups -OCH3 is 1. The van der Waals surface area contributed by atoms with Crippen LogP contribution < -0.4 is 10.1 Å². The summed E-state index contributed by atoms with van der Waals surface area (Å²) >= 11 is 3.39. The highest BCUT2D eigenvalue weighted by Crippen LogP contribution is 2.26. The molecule has 0 aliphatic heterocycles. The molecule has 15 heavy (non-hydrogen) atoms. The Labute approximate surface area is 97.3 Å². The summed E-state index contributed by atoms with van der Waals surface area (Å²) in [6.45, 7) is 1.50. The van der Waals surface area contributed by atoms with Crippen molar-refractivity contribution in [1.29, 1.82) is 0 Å². The molecule has 0 radical (unpaired) electrons. The van der Waals surface area contributed by atoms with Crippen LogP contribution in [0.25, 0.3) is 0 Å². The van der Waals surface area contributed by atoms with E-state index in [9.17, 15) is 4.79 Å². The van der Waals surface area contributed by atoms with E-state index in [2.05, 4.69) is 21.2 Å². The molecule has 80 valence electrons. The van der Waals surface area contributed by atoms with E-state index in [1.807, 2.05) is 18.2 Å². The molecule has 0 amide bonds. The Morgan fingerprint density at radius 2 is 2.27 bits per heavy atom. The lowest BCUT2D eigenvalue weighted by Crippen LogP contribution is -1.92. The first kappa shape index (κ1) is 11.8.